The number of rotatable bonds is 2. The van der Waals surface area contributed by atoms with E-state index in [1.807, 2.05) is 25.3 Å². The zero-order valence-electron chi connectivity index (χ0n) is 7.66. The molecule has 68 valence electrons. The minimum atomic E-state index is 0.0196. The molecule has 2 heteroatoms. The van der Waals surface area contributed by atoms with Crippen molar-refractivity contribution in [2.45, 2.75) is 13.2 Å². The fraction of sp³-hybridized carbons (Fsp3) is 0.273. The van der Waals surface area contributed by atoms with Crippen LogP contribution in [0.1, 0.15) is 24.3 Å². The summed E-state index contributed by atoms with van der Waals surface area (Å²) in [5.41, 5.74) is 2.45. The number of nitrogens with one attached hydrogen (secondary N) is 1. The van der Waals surface area contributed by atoms with Gasteiger partial charge in [0.05, 0.1) is 0 Å². The van der Waals surface area contributed by atoms with Crippen molar-refractivity contribution < 1.29 is 4.74 Å². The molecular formula is C11H13NO. The minimum absolute atomic E-state index is 0.0196. The second-order valence-corrected chi connectivity index (χ2v) is 2.96. The Bertz CT molecular complexity index is 320. The van der Waals surface area contributed by atoms with Crippen LogP contribution in [0, 0.1) is 0 Å². The molecule has 1 N–H and O–H groups in total. The Morgan fingerprint density at radius 2 is 2.23 bits per heavy atom. The van der Waals surface area contributed by atoms with Crippen molar-refractivity contribution in [2.24, 2.45) is 0 Å². The van der Waals surface area contributed by atoms with E-state index in [-0.39, 0.29) is 6.23 Å². The van der Waals surface area contributed by atoms with Crippen LogP contribution < -0.4 is 5.32 Å². The molecule has 1 aliphatic heterocycles. The van der Waals surface area contributed by atoms with Gasteiger partial charge in [0.1, 0.15) is 0 Å². The fourth-order valence-electron chi connectivity index (χ4n) is 1.52. The normalized spacial score (nSPS) is 19.3. The Morgan fingerprint density at radius 3 is 3.08 bits per heavy atom. The number of ether oxygens (including phenoxy) is 1. The van der Waals surface area contributed by atoms with Gasteiger partial charge in [0.15, 0.2) is 6.23 Å². The third-order valence-corrected chi connectivity index (χ3v) is 2.12. The molecule has 0 saturated heterocycles. The van der Waals surface area contributed by atoms with Crippen molar-refractivity contribution in [3.63, 3.8) is 0 Å². The van der Waals surface area contributed by atoms with Gasteiger partial charge in [-0.05, 0) is 24.8 Å². The van der Waals surface area contributed by atoms with E-state index in [0.717, 1.165) is 6.61 Å². The maximum absolute atomic E-state index is 5.55. The van der Waals surface area contributed by atoms with E-state index < -0.39 is 0 Å². The Hall–Kier alpha value is -1.28. The largest absolute Gasteiger partial charge is 0.362 e. The van der Waals surface area contributed by atoms with E-state index in [4.69, 9.17) is 4.74 Å². The third kappa shape index (κ3) is 1.58. The van der Waals surface area contributed by atoms with Crippen LogP contribution in [-0.4, -0.2) is 6.61 Å². The molecule has 1 unspecified atom stereocenters. The first kappa shape index (κ1) is 8.32. The Balaban J connectivity index is 2.32. The van der Waals surface area contributed by atoms with Gasteiger partial charge in [-0.1, -0.05) is 24.3 Å². The van der Waals surface area contributed by atoms with Gasteiger partial charge in [0.2, 0.25) is 0 Å². The first-order chi connectivity index (χ1) is 6.42. The van der Waals surface area contributed by atoms with Crippen molar-refractivity contribution in [3.05, 3.63) is 41.6 Å². The number of hydrogen-bond donors (Lipinski definition) is 1. The molecular weight excluding hydrogens is 162 g/mol. The lowest BCUT2D eigenvalue weighted by atomic mass is 10.0. The van der Waals surface area contributed by atoms with Crippen LogP contribution >= 0.6 is 0 Å². The Kier molecular flexibility index (Phi) is 2.32. The zero-order valence-corrected chi connectivity index (χ0v) is 7.66. The summed E-state index contributed by atoms with van der Waals surface area (Å²) in [6.07, 6.45) is 4.01. The van der Waals surface area contributed by atoms with Gasteiger partial charge in [-0.2, -0.15) is 0 Å². The number of hydrogen-bond acceptors (Lipinski definition) is 2. The second-order valence-electron chi connectivity index (χ2n) is 2.96. The lowest BCUT2D eigenvalue weighted by Gasteiger charge is -2.22. The lowest BCUT2D eigenvalue weighted by molar-refractivity contribution is 0.0465. The summed E-state index contributed by atoms with van der Waals surface area (Å²) >= 11 is 0. The van der Waals surface area contributed by atoms with Crippen LogP contribution in [-0.2, 0) is 4.74 Å². The predicted octanol–water partition coefficient (Wildman–Crippen LogP) is 2.30. The SMILES string of the molecule is CCOC1NC=Cc2ccccc21. The maximum atomic E-state index is 5.55. The molecule has 1 aliphatic rings. The topological polar surface area (TPSA) is 21.3 Å². The van der Waals surface area contributed by atoms with Crippen molar-refractivity contribution >= 4 is 6.08 Å². The first-order valence-corrected chi connectivity index (χ1v) is 4.55. The number of fused-ring (bicyclic) bond motifs is 1. The quantitative estimate of drug-likeness (QED) is 0.744. The van der Waals surface area contributed by atoms with Crippen molar-refractivity contribution in [3.8, 4) is 0 Å². The van der Waals surface area contributed by atoms with Crippen molar-refractivity contribution in [1.82, 2.24) is 5.32 Å². The standard InChI is InChI=1S/C11H13NO/c1-2-13-11-10-6-4-3-5-9(10)7-8-12-11/h3-8,11-12H,2H2,1H3. The molecule has 0 bridgehead atoms. The predicted molar refractivity (Wildman–Crippen MR) is 53.0 cm³/mol. The molecule has 1 atom stereocenters. The molecule has 0 amide bonds. The monoisotopic (exact) mass is 175 g/mol. The minimum Gasteiger partial charge on any atom is -0.362 e. The highest BCUT2D eigenvalue weighted by molar-refractivity contribution is 5.56. The summed E-state index contributed by atoms with van der Waals surface area (Å²) in [5.74, 6) is 0. The number of benzene rings is 1. The van der Waals surface area contributed by atoms with Crippen LogP contribution in [0.15, 0.2) is 30.5 Å². The zero-order chi connectivity index (χ0) is 9.10. The molecule has 0 aliphatic carbocycles. The summed E-state index contributed by atoms with van der Waals surface area (Å²) in [7, 11) is 0. The summed E-state index contributed by atoms with van der Waals surface area (Å²) in [6.45, 7) is 2.72. The molecule has 2 rings (SSSR count). The highest BCUT2D eigenvalue weighted by atomic mass is 16.5. The smallest absolute Gasteiger partial charge is 0.154 e. The van der Waals surface area contributed by atoms with Crippen LogP contribution in [0.25, 0.3) is 6.08 Å². The van der Waals surface area contributed by atoms with E-state index in [9.17, 15) is 0 Å². The van der Waals surface area contributed by atoms with E-state index >= 15 is 0 Å². The average Bonchev–Trinajstić information content (AvgIpc) is 2.19. The molecule has 0 saturated carbocycles. The van der Waals surface area contributed by atoms with Crippen LogP contribution in [0.4, 0.5) is 0 Å². The fourth-order valence-corrected chi connectivity index (χ4v) is 1.52. The van der Waals surface area contributed by atoms with E-state index in [1.54, 1.807) is 0 Å². The highest BCUT2D eigenvalue weighted by Crippen LogP contribution is 2.23. The highest BCUT2D eigenvalue weighted by Gasteiger charge is 2.14. The maximum Gasteiger partial charge on any atom is 0.154 e. The van der Waals surface area contributed by atoms with Gasteiger partial charge in [-0.3, -0.25) is 0 Å². The van der Waals surface area contributed by atoms with Gasteiger partial charge >= 0.3 is 0 Å². The third-order valence-electron chi connectivity index (χ3n) is 2.12. The molecule has 13 heavy (non-hydrogen) atoms. The van der Waals surface area contributed by atoms with Crippen LogP contribution in [0.2, 0.25) is 0 Å². The van der Waals surface area contributed by atoms with Crippen molar-refractivity contribution in [1.29, 1.82) is 0 Å². The molecule has 1 aromatic rings. The molecule has 0 aromatic heterocycles. The van der Waals surface area contributed by atoms with Gasteiger partial charge in [0.25, 0.3) is 0 Å². The molecule has 1 heterocycles. The van der Waals surface area contributed by atoms with Gasteiger partial charge in [-0.15, -0.1) is 0 Å². The van der Waals surface area contributed by atoms with Crippen molar-refractivity contribution in [2.75, 3.05) is 6.61 Å². The van der Waals surface area contributed by atoms with Gasteiger partial charge < -0.3 is 10.1 Å². The summed E-state index contributed by atoms with van der Waals surface area (Å²) in [6, 6.07) is 8.26. The second kappa shape index (κ2) is 3.62. The Morgan fingerprint density at radius 1 is 1.38 bits per heavy atom. The summed E-state index contributed by atoms with van der Waals surface area (Å²) < 4.78 is 5.55. The summed E-state index contributed by atoms with van der Waals surface area (Å²) in [4.78, 5) is 0. The summed E-state index contributed by atoms with van der Waals surface area (Å²) in [5, 5.41) is 3.17. The molecule has 1 aromatic carbocycles. The van der Waals surface area contributed by atoms with Crippen LogP contribution in [0.3, 0.4) is 0 Å². The molecule has 0 spiro atoms. The van der Waals surface area contributed by atoms with Gasteiger partial charge in [0, 0.05) is 12.2 Å². The lowest BCUT2D eigenvalue weighted by Crippen LogP contribution is -2.22. The Labute approximate surface area is 78.2 Å². The van der Waals surface area contributed by atoms with E-state index in [2.05, 4.69) is 23.5 Å². The molecule has 0 radical (unpaired) electrons. The first-order valence-electron chi connectivity index (χ1n) is 4.55. The van der Waals surface area contributed by atoms with E-state index in [0.29, 0.717) is 0 Å². The van der Waals surface area contributed by atoms with Gasteiger partial charge in [-0.25, -0.2) is 0 Å². The average molecular weight is 175 g/mol. The van der Waals surface area contributed by atoms with Crippen LogP contribution in [0.5, 0.6) is 0 Å². The molecule has 0 fully saturated rings. The van der Waals surface area contributed by atoms with E-state index in [1.165, 1.54) is 11.1 Å². The molecule has 2 nitrogen and oxygen atoms in total.